The van der Waals surface area contributed by atoms with Gasteiger partial charge < -0.3 is 9.64 Å². The Labute approximate surface area is 141 Å². The van der Waals surface area contributed by atoms with Crippen LogP contribution in [0.3, 0.4) is 0 Å². The zero-order valence-electron chi connectivity index (χ0n) is 12.9. The predicted molar refractivity (Wildman–Crippen MR) is 88.7 cm³/mol. The van der Waals surface area contributed by atoms with Crippen LogP contribution in [0.15, 0.2) is 18.2 Å². The Morgan fingerprint density at radius 1 is 1.38 bits per heavy atom. The van der Waals surface area contributed by atoms with Crippen molar-refractivity contribution in [1.82, 2.24) is 10.2 Å². The van der Waals surface area contributed by atoms with Crippen LogP contribution in [0.1, 0.15) is 15.4 Å². The van der Waals surface area contributed by atoms with Gasteiger partial charge in [-0.3, -0.25) is 20.2 Å². The molecule has 1 saturated heterocycles. The molecule has 0 saturated carbocycles. The average molecular weight is 349 g/mol. The molecule has 1 fully saturated rings. The van der Waals surface area contributed by atoms with E-state index in [0.717, 1.165) is 5.01 Å². The van der Waals surface area contributed by atoms with Crippen LogP contribution in [-0.2, 0) is 4.74 Å². The maximum Gasteiger partial charge on any atom is 0.270 e. The number of hydrogen-bond acceptors (Lipinski definition) is 8. The van der Waals surface area contributed by atoms with E-state index in [-0.39, 0.29) is 11.3 Å². The fraction of sp³-hybridized carbons (Fsp3) is 0.357. The van der Waals surface area contributed by atoms with E-state index in [1.54, 1.807) is 13.0 Å². The number of amides is 1. The lowest BCUT2D eigenvalue weighted by atomic mass is 10.1. The summed E-state index contributed by atoms with van der Waals surface area (Å²) in [6, 6.07) is 4.29. The highest BCUT2D eigenvalue weighted by atomic mass is 32.1. The van der Waals surface area contributed by atoms with Crippen molar-refractivity contribution < 1.29 is 14.5 Å². The SMILES string of the molecule is Cc1nnc(NC(=O)c2cc([N+](=O)[O-])ccc2N2CCOCC2)s1. The third kappa shape index (κ3) is 3.49. The molecule has 1 aromatic heterocycles. The number of non-ortho nitro benzene ring substituents is 1. The van der Waals surface area contributed by atoms with E-state index < -0.39 is 10.8 Å². The topological polar surface area (TPSA) is 110 Å². The lowest BCUT2D eigenvalue weighted by Crippen LogP contribution is -2.37. The first kappa shape index (κ1) is 16.3. The largest absolute Gasteiger partial charge is 0.378 e. The number of carbonyl (C=O) groups excluding carboxylic acids is 1. The van der Waals surface area contributed by atoms with E-state index in [9.17, 15) is 14.9 Å². The van der Waals surface area contributed by atoms with Gasteiger partial charge >= 0.3 is 0 Å². The van der Waals surface area contributed by atoms with Crippen molar-refractivity contribution in [3.05, 3.63) is 38.9 Å². The molecule has 1 amide bonds. The first-order valence-electron chi connectivity index (χ1n) is 7.27. The number of aryl methyl sites for hydroxylation is 1. The molecular formula is C14H15N5O4S. The Bertz CT molecular complexity index is 772. The Balaban J connectivity index is 1.93. The summed E-state index contributed by atoms with van der Waals surface area (Å²) in [5, 5.41) is 22.5. The van der Waals surface area contributed by atoms with Crippen LogP contribution < -0.4 is 10.2 Å². The molecule has 0 atom stereocenters. The van der Waals surface area contributed by atoms with Crippen molar-refractivity contribution in [2.75, 3.05) is 36.5 Å². The molecule has 2 heterocycles. The fourth-order valence-electron chi connectivity index (χ4n) is 2.41. The van der Waals surface area contributed by atoms with Gasteiger partial charge in [0.25, 0.3) is 11.6 Å². The highest BCUT2D eigenvalue weighted by molar-refractivity contribution is 7.15. The fourth-order valence-corrected chi connectivity index (χ4v) is 3.00. The normalized spacial score (nSPS) is 14.5. The molecule has 1 aliphatic heterocycles. The van der Waals surface area contributed by atoms with Crippen LogP contribution in [0.2, 0.25) is 0 Å². The minimum absolute atomic E-state index is 0.134. The van der Waals surface area contributed by atoms with Crippen molar-refractivity contribution in [2.45, 2.75) is 6.92 Å². The standard InChI is InChI=1S/C14H15N5O4S/c1-9-16-17-14(24-9)15-13(20)11-8-10(19(21)22)2-3-12(11)18-4-6-23-7-5-18/h2-3,8H,4-7H2,1H3,(H,15,17,20). The number of benzene rings is 1. The quantitative estimate of drug-likeness (QED) is 0.662. The summed E-state index contributed by atoms with van der Waals surface area (Å²) in [5.41, 5.74) is 0.743. The summed E-state index contributed by atoms with van der Waals surface area (Å²) in [4.78, 5) is 25.1. The van der Waals surface area contributed by atoms with E-state index in [2.05, 4.69) is 15.5 Å². The molecule has 0 unspecified atom stereocenters. The lowest BCUT2D eigenvalue weighted by Gasteiger charge is -2.30. The summed E-state index contributed by atoms with van der Waals surface area (Å²) in [5.74, 6) is -0.448. The second-order valence-corrected chi connectivity index (χ2v) is 6.32. The number of nitro benzene ring substituents is 1. The van der Waals surface area contributed by atoms with Gasteiger partial charge in [0.1, 0.15) is 5.01 Å². The van der Waals surface area contributed by atoms with E-state index >= 15 is 0 Å². The zero-order valence-corrected chi connectivity index (χ0v) is 13.7. The lowest BCUT2D eigenvalue weighted by molar-refractivity contribution is -0.384. The van der Waals surface area contributed by atoms with Crippen LogP contribution >= 0.6 is 11.3 Å². The molecule has 10 heteroatoms. The Hall–Kier alpha value is -2.59. The summed E-state index contributed by atoms with van der Waals surface area (Å²) in [7, 11) is 0. The number of rotatable bonds is 4. The summed E-state index contributed by atoms with van der Waals surface area (Å²) in [6.07, 6.45) is 0. The van der Waals surface area contributed by atoms with Crippen molar-refractivity contribution in [3.8, 4) is 0 Å². The molecule has 0 aliphatic carbocycles. The molecule has 24 heavy (non-hydrogen) atoms. The highest BCUT2D eigenvalue weighted by Gasteiger charge is 2.22. The minimum Gasteiger partial charge on any atom is -0.378 e. The van der Waals surface area contributed by atoms with Gasteiger partial charge in [0.05, 0.1) is 29.4 Å². The van der Waals surface area contributed by atoms with Crippen molar-refractivity contribution in [3.63, 3.8) is 0 Å². The second kappa shape index (κ2) is 6.89. The molecule has 0 bridgehead atoms. The number of nitrogens with one attached hydrogen (secondary N) is 1. The number of nitro groups is 1. The van der Waals surface area contributed by atoms with Gasteiger partial charge in [-0.25, -0.2) is 0 Å². The molecule has 1 aromatic carbocycles. The summed E-state index contributed by atoms with van der Waals surface area (Å²) < 4.78 is 5.31. The summed E-state index contributed by atoms with van der Waals surface area (Å²) in [6.45, 7) is 4.12. The number of carbonyl (C=O) groups is 1. The second-order valence-electron chi connectivity index (χ2n) is 5.14. The number of ether oxygens (including phenoxy) is 1. The average Bonchev–Trinajstić information content (AvgIpc) is 3.00. The zero-order chi connectivity index (χ0) is 17.1. The van der Waals surface area contributed by atoms with E-state index in [1.165, 1.54) is 23.5 Å². The highest BCUT2D eigenvalue weighted by Crippen LogP contribution is 2.27. The Morgan fingerprint density at radius 3 is 2.75 bits per heavy atom. The Morgan fingerprint density at radius 2 is 2.12 bits per heavy atom. The van der Waals surface area contributed by atoms with Crippen molar-refractivity contribution in [2.24, 2.45) is 0 Å². The van der Waals surface area contributed by atoms with Crippen LogP contribution in [0.5, 0.6) is 0 Å². The molecule has 9 nitrogen and oxygen atoms in total. The number of hydrogen-bond donors (Lipinski definition) is 1. The van der Waals surface area contributed by atoms with Gasteiger partial charge in [0.15, 0.2) is 0 Å². The molecule has 3 rings (SSSR count). The molecular weight excluding hydrogens is 334 g/mol. The Kier molecular flexibility index (Phi) is 4.67. The van der Waals surface area contributed by atoms with Gasteiger partial charge in [-0.2, -0.15) is 0 Å². The van der Waals surface area contributed by atoms with Gasteiger partial charge in [0.2, 0.25) is 5.13 Å². The molecule has 2 aromatic rings. The maximum absolute atomic E-state index is 12.6. The van der Waals surface area contributed by atoms with E-state index in [1.807, 2.05) is 4.90 Å². The molecule has 1 N–H and O–H groups in total. The monoisotopic (exact) mass is 349 g/mol. The van der Waals surface area contributed by atoms with Gasteiger partial charge in [-0.05, 0) is 13.0 Å². The van der Waals surface area contributed by atoms with E-state index in [4.69, 9.17) is 4.74 Å². The smallest absolute Gasteiger partial charge is 0.270 e. The molecule has 0 radical (unpaired) electrons. The minimum atomic E-state index is -0.519. The van der Waals surface area contributed by atoms with Crippen LogP contribution in [-0.4, -0.2) is 47.3 Å². The number of nitrogens with zero attached hydrogens (tertiary/aromatic N) is 4. The van der Waals surface area contributed by atoms with Crippen LogP contribution in [0, 0.1) is 17.0 Å². The van der Waals surface area contributed by atoms with E-state index in [0.29, 0.717) is 37.1 Å². The first-order chi connectivity index (χ1) is 11.5. The molecule has 1 aliphatic rings. The third-order valence-corrected chi connectivity index (χ3v) is 4.29. The number of aromatic nitrogens is 2. The van der Waals surface area contributed by atoms with Crippen molar-refractivity contribution >= 4 is 33.8 Å². The van der Waals surface area contributed by atoms with Gasteiger partial charge in [-0.15, -0.1) is 10.2 Å². The van der Waals surface area contributed by atoms with Crippen molar-refractivity contribution in [1.29, 1.82) is 0 Å². The van der Waals surface area contributed by atoms with Gasteiger partial charge in [0, 0.05) is 25.2 Å². The molecule has 0 spiro atoms. The van der Waals surface area contributed by atoms with Gasteiger partial charge in [-0.1, -0.05) is 11.3 Å². The maximum atomic E-state index is 12.6. The van der Waals surface area contributed by atoms with Crippen LogP contribution in [0.25, 0.3) is 0 Å². The predicted octanol–water partition coefficient (Wildman–Crippen LogP) is 1.84. The van der Waals surface area contributed by atoms with Crippen LogP contribution in [0.4, 0.5) is 16.5 Å². The third-order valence-electron chi connectivity index (χ3n) is 3.53. The summed E-state index contributed by atoms with van der Waals surface area (Å²) >= 11 is 1.24. The molecule has 126 valence electrons. The first-order valence-corrected chi connectivity index (χ1v) is 8.09. The number of anilines is 2. The number of morpholine rings is 1.